The van der Waals surface area contributed by atoms with E-state index in [-0.39, 0.29) is 25.2 Å². The van der Waals surface area contributed by atoms with E-state index in [9.17, 15) is 19.2 Å². The van der Waals surface area contributed by atoms with Crippen LogP contribution in [0.1, 0.15) is 43.5 Å². The van der Waals surface area contributed by atoms with Gasteiger partial charge in [-0.05, 0) is 37.6 Å². The van der Waals surface area contributed by atoms with Gasteiger partial charge in [0.25, 0.3) is 5.91 Å². The van der Waals surface area contributed by atoms with Crippen LogP contribution in [0, 0.1) is 0 Å². The number of alkyl carbamates (subject to hydrolysis) is 1. The summed E-state index contributed by atoms with van der Waals surface area (Å²) in [5.74, 6) is -1.05. The molecule has 1 aromatic carbocycles. The topological polar surface area (TPSA) is 108 Å². The van der Waals surface area contributed by atoms with Gasteiger partial charge in [0.05, 0.1) is 19.6 Å². The van der Waals surface area contributed by atoms with Crippen LogP contribution >= 0.6 is 0 Å². The molecule has 2 amide bonds. The molecule has 0 saturated carbocycles. The lowest BCUT2D eigenvalue weighted by atomic mass is 10.1. The molecule has 8 nitrogen and oxygen atoms in total. The van der Waals surface area contributed by atoms with Crippen molar-refractivity contribution in [2.24, 2.45) is 0 Å². The monoisotopic (exact) mass is 365 g/mol. The normalized spacial score (nSPS) is 9.92. The molecule has 0 bridgehead atoms. The second-order valence-electron chi connectivity index (χ2n) is 5.23. The Labute approximate surface area is 151 Å². The SMILES string of the molecule is CCCOc1ccc(C(=O)CCC(=O)OCC(=O)NC(=O)OCC)cc1. The molecule has 142 valence electrons. The number of amides is 2. The summed E-state index contributed by atoms with van der Waals surface area (Å²) in [7, 11) is 0. The first-order valence-corrected chi connectivity index (χ1v) is 8.34. The van der Waals surface area contributed by atoms with Crippen LogP contribution in [0.4, 0.5) is 4.79 Å². The van der Waals surface area contributed by atoms with Gasteiger partial charge in [-0.3, -0.25) is 19.7 Å². The van der Waals surface area contributed by atoms with Crippen molar-refractivity contribution < 1.29 is 33.4 Å². The van der Waals surface area contributed by atoms with Gasteiger partial charge in [-0.2, -0.15) is 0 Å². The molecule has 0 aliphatic heterocycles. The van der Waals surface area contributed by atoms with Gasteiger partial charge >= 0.3 is 12.1 Å². The zero-order valence-corrected chi connectivity index (χ0v) is 14.9. The van der Waals surface area contributed by atoms with E-state index >= 15 is 0 Å². The first-order chi connectivity index (χ1) is 12.5. The van der Waals surface area contributed by atoms with Crippen molar-refractivity contribution in [3.63, 3.8) is 0 Å². The Balaban J connectivity index is 2.32. The van der Waals surface area contributed by atoms with E-state index in [2.05, 4.69) is 4.74 Å². The van der Waals surface area contributed by atoms with Crippen LogP contribution in [-0.4, -0.2) is 43.6 Å². The number of ketones is 1. The molecule has 1 aromatic rings. The van der Waals surface area contributed by atoms with Gasteiger partial charge < -0.3 is 14.2 Å². The standard InChI is InChI=1S/C18H23NO7/c1-3-11-25-14-7-5-13(6-8-14)15(20)9-10-17(22)26-12-16(21)19-18(23)24-4-2/h5-8H,3-4,9-12H2,1-2H3,(H,19,21,23). The highest BCUT2D eigenvalue weighted by molar-refractivity contribution is 5.98. The summed E-state index contributed by atoms with van der Waals surface area (Å²) in [5, 5.41) is 1.89. The molecule has 0 atom stereocenters. The van der Waals surface area contributed by atoms with Crippen LogP contribution in [0.25, 0.3) is 0 Å². The van der Waals surface area contributed by atoms with E-state index in [1.165, 1.54) is 0 Å². The molecule has 26 heavy (non-hydrogen) atoms. The summed E-state index contributed by atoms with van der Waals surface area (Å²) in [5.41, 5.74) is 0.460. The average Bonchev–Trinajstić information content (AvgIpc) is 2.63. The number of carbonyl (C=O) groups is 4. The lowest BCUT2D eigenvalue weighted by Gasteiger charge is -2.06. The Kier molecular flexibility index (Phi) is 9.45. The third kappa shape index (κ3) is 8.27. The predicted octanol–water partition coefficient (Wildman–Crippen LogP) is 2.25. The maximum atomic E-state index is 12.0. The minimum atomic E-state index is -0.907. The van der Waals surface area contributed by atoms with Gasteiger partial charge in [0.1, 0.15) is 5.75 Å². The summed E-state index contributed by atoms with van der Waals surface area (Å²) in [6, 6.07) is 6.65. The van der Waals surface area contributed by atoms with Crippen molar-refractivity contribution in [1.29, 1.82) is 0 Å². The first kappa shape index (κ1) is 21.1. The second-order valence-corrected chi connectivity index (χ2v) is 5.23. The lowest BCUT2D eigenvalue weighted by molar-refractivity contribution is -0.148. The minimum Gasteiger partial charge on any atom is -0.494 e. The maximum absolute atomic E-state index is 12.0. The predicted molar refractivity (Wildman–Crippen MR) is 91.9 cm³/mol. The number of benzene rings is 1. The van der Waals surface area contributed by atoms with Gasteiger partial charge in [0.15, 0.2) is 12.4 Å². The van der Waals surface area contributed by atoms with Crippen LogP contribution in [0.5, 0.6) is 5.75 Å². The molecular formula is C18H23NO7. The van der Waals surface area contributed by atoms with E-state index in [1.807, 2.05) is 12.2 Å². The zero-order valence-electron chi connectivity index (χ0n) is 14.9. The molecule has 1 rings (SSSR count). The van der Waals surface area contributed by atoms with Crippen molar-refractivity contribution in [2.75, 3.05) is 19.8 Å². The molecular weight excluding hydrogens is 342 g/mol. The summed E-state index contributed by atoms with van der Waals surface area (Å²) in [4.78, 5) is 46.0. The van der Waals surface area contributed by atoms with E-state index in [0.29, 0.717) is 17.9 Å². The molecule has 1 N–H and O–H groups in total. The maximum Gasteiger partial charge on any atom is 0.413 e. The van der Waals surface area contributed by atoms with Gasteiger partial charge in [-0.1, -0.05) is 6.92 Å². The summed E-state index contributed by atoms with van der Waals surface area (Å²) >= 11 is 0. The highest BCUT2D eigenvalue weighted by atomic mass is 16.6. The fraction of sp³-hybridized carbons (Fsp3) is 0.444. The molecule has 0 aromatic heterocycles. The Morgan fingerprint density at radius 3 is 2.27 bits per heavy atom. The van der Waals surface area contributed by atoms with E-state index in [1.54, 1.807) is 31.2 Å². The van der Waals surface area contributed by atoms with Crippen LogP contribution in [-0.2, 0) is 19.1 Å². The third-order valence-electron chi connectivity index (χ3n) is 3.09. The molecule has 0 unspecified atom stereocenters. The van der Waals surface area contributed by atoms with Gasteiger partial charge in [0.2, 0.25) is 0 Å². The largest absolute Gasteiger partial charge is 0.494 e. The molecule has 0 aliphatic carbocycles. The highest BCUT2D eigenvalue weighted by Crippen LogP contribution is 2.14. The number of rotatable bonds is 10. The fourth-order valence-corrected chi connectivity index (χ4v) is 1.85. The summed E-state index contributed by atoms with van der Waals surface area (Å²) in [6.45, 7) is 3.69. The van der Waals surface area contributed by atoms with Gasteiger partial charge in [-0.25, -0.2) is 4.79 Å². The molecule has 8 heteroatoms. The number of esters is 1. The number of nitrogens with one attached hydrogen (secondary N) is 1. The average molecular weight is 365 g/mol. The number of imide groups is 1. The van der Waals surface area contributed by atoms with Crippen LogP contribution < -0.4 is 10.1 Å². The van der Waals surface area contributed by atoms with Crippen molar-refractivity contribution in [3.8, 4) is 5.75 Å². The summed E-state index contributed by atoms with van der Waals surface area (Å²) in [6.07, 6.45) is -0.233. The second kappa shape index (κ2) is 11.6. The number of Topliss-reactive ketones (excluding diaryl/α,β-unsaturated/α-hetero) is 1. The molecule has 0 spiro atoms. The molecule has 0 heterocycles. The third-order valence-corrected chi connectivity index (χ3v) is 3.09. The molecule has 0 saturated heterocycles. The number of hydrogen-bond donors (Lipinski definition) is 1. The molecule has 0 radical (unpaired) electrons. The first-order valence-electron chi connectivity index (χ1n) is 8.34. The lowest BCUT2D eigenvalue weighted by Crippen LogP contribution is -2.34. The zero-order chi connectivity index (χ0) is 19.4. The van der Waals surface area contributed by atoms with Crippen molar-refractivity contribution in [1.82, 2.24) is 5.32 Å². The van der Waals surface area contributed by atoms with E-state index < -0.39 is 24.6 Å². The van der Waals surface area contributed by atoms with Crippen molar-refractivity contribution >= 4 is 23.8 Å². The minimum absolute atomic E-state index is 0.0481. The van der Waals surface area contributed by atoms with Crippen molar-refractivity contribution in [2.45, 2.75) is 33.1 Å². The Morgan fingerprint density at radius 2 is 1.65 bits per heavy atom. The summed E-state index contributed by atoms with van der Waals surface area (Å²) < 4.78 is 14.6. The number of carbonyl (C=O) groups excluding carboxylic acids is 4. The van der Waals surface area contributed by atoms with Gasteiger partial charge in [-0.15, -0.1) is 0 Å². The quantitative estimate of drug-likeness (QED) is 0.500. The Hall–Kier alpha value is -2.90. The fourth-order valence-electron chi connectivity index (χ4n) is 1.85. The van der Waals surface area contributed by atoms with Crippen LogP contribution in [0.15, 0.2) is 24.3 Å². The number of ether oxygens (including phenoxy) is 3. The Bertz CT molecular complexity index is 625. The molecule has 0 aliphatic rings. The highest BCUT2D eigenvalue weighted by Gasteiger charge is 2.13. The van der Waals surface area contributed by atoms with Crippen molar-refractivity contribution in [3.05, 3.63) is 29.8 Å². The molecule has 0 fully saturated rings. The van der Waals surface area contributed by atoms with E-state index in [4.69, 9.17) is 9.47 Å². The van der Waals surface area contributed by atoms with Crippen LogP contribution in [0.2, 0.25) is 0 Å². The van der Waals surface area contributed by atoms with E-state index in [0.717, 1.165) is 6.42 Å². The number of hydrogen-bond acceptors (Lipinski definition) is 7. The van der Waals surface area contributed by atoms with Crippen LogP contribution in [0.3, 0.4) is 0 Å². The Morgan fingerprint density at radius 1 is 0.962 bits per heavy atom. The smallest absolute Gasteiger partial charge is 0.413 e. The van der Waals surface area contributed by atoms with Gasteiger partial charge in [0, 0.05) is 12.0 Å².